The third kappa shape index (κ3) is 3.06. The summed E-state index contributed by atoms with van der Waals surface area (Å²) in [5, 5.41) is 17.4. The second-order valence-electron chi connectivity index (χ2n) is 6.54. The molecule has 1 aliphatic carbocycles. The van der Waals surface area contributed by atoms with E-state index in [2.05, 4.69) is 29.2 Å². The van der Waals surface area contributed by atoms with Gasteiger partial charge >= 0.3 is 0 Å². The molecule has 128 valence electrons. The van der Waals surface area contributed by atoms with Gasteiger partial charge < -0.3 is 10.4 Å². The van der Waals surface area contributed by atoms with E-state index in [-0.39, 0.29) is 30.5 Å². The molecule has 0 spiro atoms. The smallest absolute Gasteiger partial charge is 0.252 e. The first-order valence-corrected chi connectivity index (χ1v) is 8.48. The van der Waals surface area contributed by atoms with Gasteiger partial charge in [0.05, 0.1) is 23.2 Å². The summed E-state index contributed by atoms with van der Waals surface area (Å²) in [6.07, 6.45) is 7.32. The lowest BCUT2D eigenvalue weighted by Gasteiger charge is -2.14. The topological polar surface area (TPSA) is 80.0 Å². The lowest BCUT2D eigenvalue weighted by molar-refractivity contribution is 0.0942. The van der Waals surface area contributed by atoms with Crippen LogP contribution < -0.4 is 5.32 Å². The molecule has 0 saturated heterocycles. The molecule has 0 aromatic carbocycles. The highest BCUT2D eigenvalue weighted by atomic mass is 16.3. The average Bonchev–Trinajstić information content (AvgIpc) is 3.19. The van der Waals surface area contributed by atoms with E-state index in [0.29, 0.717) is 5.56 Å². The van der Waals surface area contributed by atoms with E-state index >= 15 is 0 Å². The summed E-state index contributed by atoms with van der Waals surface area (Å²) in [6, 6.07) is 2.00. The van der Waals surface area contributed by atoms with Gasteiger partial charge in [0.2, 0.25) is 0 Å². The largest absolute Gasteiger partial charge is 0.396 e. The van der Waals surface area contributed by atoms with Crippen molar-refractivity contribution in [2.75, 3.05) is 6.61 Å². The number of aliphatic hydroxyl groups excluding tert-OH is 1. The number of pyridine rings is 1. The summed E-state index contributed by atoms with van der Waals surface area (Å²) in [7, 11) is 0. The van der Waals surface area contributed by atoms with Crippen molar-refractivity contribution in [3.05, 3.63) is 35.7 Å². The molecular weight excluding hydrogens is 304 g/mol. The minimum atomic E-state index is -0.123. The van der Waals surface area contributed by atoms with Crippen LogP contribution in [-0.4, -0.2) is 38.4 Å². The Hall–Kier alpha value is -2.21. The first kappa shape index (κ1) is 16.6. The SMILES string of the molecule is CCC(C)n1ncc2c(C(=O)N[C@@H]3C=C[C@H](CO)C3)cc(C)nc21. The van der Waals surface area contributed by atoms with Crippen LogP contribution in [0.2, 0.25) is 0 Å². The molecule has 0 radical (unpaired) electrons. The number of carbonyl (C=O) groups is 1. The van der Waals surface area contributed by atoms with E-state index in [9.17, 15) is 9.90 Å². The fourth-order valence-corrected chi connectivity index (χ4v) is 3.09. The minimum Gasteiger partial charge on any atom is -0.396 e. The lowest BCUT2D eigenvalue weighted by atomic mass is 10.1. The van der Waals surface area contributed by atoms with Crippen LogP contribution in [0.25, 0.3) is 11.0 Å². The van der Waals surface area contributed by atoms with Crippen LogP contribution in [0.4, 0.5) is 0 Å². The molecule has 2 heterocycles. The molecule has 1 unspecified atom stereocenters. The maximum Gasteiger partial charge on any atom is 0.252 e. The van der Waals surface area contributed by atoms with Gasteiger partial charge in [0.15, 0.2) is 5.65 Å². The van der Waals surface area contributed by atoms with Crippen LogP contribution in [0.3, 0.4) is 0 Å². The number of hydrogen-bond acceptors (Lipinski definition) is 4. The summed E-state index contributed by atoms with van der Waals surface area (Å²) >= 11 is 0. The molecule has 2 aromatic rings. The molecule has 3 atom stereocenters. The average molecular weight is 328 g/mol. The van der Waals surface area contributed by atoms with Crippen LogP contribution in [0.5, 0.6) is 0 Å². The third-order valence-corrected chi connectivity index (χ3v) is 4.67. The van der Waals surface area contributed by atoms with Gasteiger partial charge in [-0.1, -0.05) is 19.1 Å². The zero-order valence-corrected chi connectivity index (χ0v) is 14.4. The van der Waals surface area contributed by atoms with Crippen LogP contribution in [-0.2, 0) is 0 Å². The molecule has 6 heteroatoms. The third-order valence-electron chi connectivity index (χ3n) is 4.67. The zero-order chi connectivity index (χ0) is 17.3. The van der Waals surface area contributed by atoms with Gasteiger partial charge in [-0.3, -0.25) is 4.79 Å². The fraction of sp³-hybridized carbons (Fsp3) is 0.500. The molecule has 0 aliphatic heterocycles. The number of aromatic nitrogens is 3. The summed E-state index contributed by atoms with van der Waals surface area (Å²) in [6.45, 7) is 6.20. The molecule has 1 amide bonds. The Morgan fingerprint density at radius 3 is 2.96 bits per heavy atom. The molecular formula is C18H24N4O2. The first-order valence-electron chi connectivity index (χ1n) is 8.48. The summed E-state index contributed by atoms with van der Waals surface area (Å²) in [5.41, 5.74) is 2.16. The standard InChI is InChI=1S/C18H24N4O2/c1-4-12(3)22-17-16(9-19-22)15(7-11(2)20-17)18(24)21-14-6-5-13(8-14)10-23/h5-7,9,12-14,23H,4,8,10H2,1-3H3,(H,21,24)/t12?,13-,14+/m0/s1. The van der Waals surface area contributed by atoms with E-state index in [1.165, 1.54) is 0 Å². The molecule has 1 aliphatic rings. The first-order chi connectivity index (χ1) is 11.5. The predicted octanol–water partition coefficient (Wildman–Crippen LogP) is 2.38. The van der Waals surface area contributed by atoms with Gasteiger partial charge in [-0.15, -0.1) is 0 Å². The highest BCUT2D eigenvalue weighted by Crippen LogP contribution is 2.23. The van der Waals surface area contributed by atoms with E-state index in [1.54, 1.807) is 6.20 Å². The van der Waals surface area contributed by atoms with Gasteiger partial charge in [-0.25, -0.2) is 9.67 Å². The number of hydrogen-bond donors (Lipinski definition) is 2. The molecule has 6 nitrogen and oxygen atoms in total. The number of nitrogens with zero attached hydrogens (tertiary/aromatic N) is 3. The number of carbonyl (C=O) groups excluding carboxylic acids is 1. The quantitative estimate of drug-likeness (QED) is 0.826. The van der Waals surface area contributed by atoms with Crippen LogP contribution >= 0.6 is 0 Å². The van der Waals surface area contributed by atoms with Crippen molar-refractivity contribution in [3.8, 4) is 0 Å². The number of rotatable bonds is 5. The number of aryl methyl sites for hydroxylation is 1. The normalized spacial score (nSPS) is 21.3. The van der Waals surface area contributed by atoms with Crippen molar-refractivity contribution in [1.29, 1.82) is 0 Å². The van der Waals surface area contributed by atoms with E-state index in [0.717, 1.165) is 29.6 Å². The van der Waals surface area contributed by atoms with Crippen LogP contribution in [0, 0.1) is 12.8 Å². The summed E-state index contributed by atoms with van der Waals surface area (Å²) in [5.74, 6) is 0.00471. The van der Waals surface area contributed by atoms with Crippen molar-refractivity contribution in [1.82, 2.24) is 20.1 Å². The maximum atomic E-state index is 12.7. The maximum absolute atomic E-state index is 12.7. The Balaban J connectivity index is 1.90. The highest BCUT2D eigenvalue weighted by molar-refractivity contribution is 6.05. The number of aliphatic hydroxyl groups is 1. The van der Waals surface area contributed by atoms with Crippen molar-refractivity contribution in [2.45, 2.75) is 45.7 Å². The fourth-order valence-electron chi connectivity index (χ4n) is 3.09. The van der Waals surface area contributed by atoms with Gasteiger partial charge in [-0.2, -0.15) is 5.10 Å². The van der Waals surface area contributed by atoms with Crippen molar-refractivity contribution in [3.63, 3.8) is 0 Å². The van der Waals surface area contributed by atoms with Crippen LogP contribution in [0.15, 0.2) is 24.4 Å². The summed E-state index contributed by atoms with van der Waals surface area (Å²) in [4.78, 5) is 17.3. The molecule has 0 fully saturated rings. The Morgan fingerprint density at radius 1 is 1.50 bits per heavy atom. The van der Waals surface area contributed by atoms with E-state index in [4.69, 9.17) is 0 Å². The second-order valence-corrected chi connectivity index (χ2v) is 6.54. The Bertz CT molecular complexity index is 781. The zero-order valence-electron chi connectivity index (χ0n) is 14.4. The molecule has 3 rings (SSSR count). The monoisotopic (exact) mass is 328 g/mol. The van der Waals surface area contributed by atoms with E-state index < -0.39 is 0 Å². The van der Waals surface area contributed by atoms with Crippen molar-refractivity contribution in [2.24, 2.45) is 5.92 Å². The van der Waals surface area contributed by atoms with E-state index in [1.807, 2.05) is 29.8 Å². The molecule has 0 bridgehead atoms. The summed E-state index contributed by atoms with van der Waals surface area (Å²) < 4.78 is 1.89. The van der Waals surface area contributed by atoms with Gasteiger partial charge in [0.25, 0.3) is 5.91 Å². The van der Waals surface area contributed by atoms with Gasteiger partial charge in [-0.05, 0) is 32.8 Å². The molecule has 24 heavy (non-hydrogen) atoms. The highest BCUT2D eigenvalue weighted by Gasteiger charge is 2.23. The minimum absolute atomic E-state index is 0.0391. The second kappa shape index (κ2) is 6.73. The predicted molar refractivity (Wildman–Crippen MR) is 92.9 cm³/mol. The lowest BCUT2D eigenvalue weighted by Crippen LogP contribution is -2.33. The Kier molecular flexibility index (Phi) is 4.66. The van der Waals surface area contributed by atoms with Crippen molar-refractivity contribution >= 4 is 16.9 Å². The van der Waals surface area contributed by atoms with Gasteiger partial charge in [0, 0.05) is 24.3 Å². The number of amides is 1. The molecule has 2 aromatic heterocycles. The molecule has 2 N–H and O–H groups in total. The van der Waals surface area contributed by atoms with Crippen LogP contribution in [0.1, 0.15) is 48.8 Å². The number of fused-ring (bicyclic) bond motifs is 1. The number of nitrogens with one attached hydrogen (secondary N) is 1. The van der Waals surface area contributed by atoms with Crippen molar-refractivity contribution < 1.29 is 9.90 Å². The van der Waals surface area contributed by atoms with Gasteiger partial charge in [0.1, 0.15) is 0 Å². The molecule has 0 saturated carbocycles. The Labute approximate surface area is 141 Å². The Morgan fingerprint density at radius 2 is 2.29 bits per heavy atom.